The number of carbonyl (C=O) groups excluding carboxylic acids is 1. The number of hydrogen-bond donors (Lipinski definition) is 1. The van der Waals surface area contributed by atoms with Crippen LogP contribution in [0.2, 0.25) is 5.02 Å². The lowest BCUT2D eigenvalue weighted by Gasteiger charge is -2.05. The maximum Gasteiger partial charge on any atom is 0.287 e. The quantitative estimate of drug-likeness (QED) is 0.493. The van der Waals surface area contributed by atoms with Crippen LogP contribution in [-0.4, -0.2) is 17.4 Å². The third kappa shape index (κ3) is 4.32. The molecule has 0 aliphatic carbocycles. The molecule has 2 aromatic carbocycles. The van der Waals surface area contributed by atoms with Crippen molar-refractivity contribution in [3.63, 3.8) is 0 Å². The van der Waals surface area contributed by atoms with E-state index in [2.05, 4.69) is 5.32 Å². The van der Waals surface area contributed by atoms with Crippen LogP contribution in [0.15, 0.2) is 59.0 Å². The van der Waals surface area contributed by atoms with Crippen LogP contribution in [0.5, 0.6) is 0 Å². The highest BCUT2D eigenvalue weighted by atomic mass is 35.5. The van der Waals surface area contributed by atoms with Gasteiger partial charge in [0.05, 0.1) is 9.95 Å². The molecule has 3 rings (SSSR count). The first-order valence-electron chi connectivity index (χ1n) is 8.01. The van der Waals surface area contributed by atoms with Gasteiger partial charge < -0.3 is 9.73 Å². The van der Waals surface area contributed by atoms with E-state index in [9.17, 15) is 19.3 Å². The van der Waals surface area contributed by atoms with Crippen molar-refractivity contribution in [2.24, 2.45) is 0 Å². The summed E-state index contributed by atoms with van der Waals surface area (Å²) < 4.78 is 19.1. The summed E-state index contributed by atoms with van der Waals surface area (Å²) in [5.41, 5.74) is 0.810. The number of non-ortho nitro benzene ring substituents is 1. The number of nitrogens with one attached hydrogen (secondary N) is 1. The van der Waals surface area contributed by atoms with Gasteiger partial charge in [-0.15, -0.1) is 0 Å². The van der Waals surface area contributed by atoms with Crippen LogP contribution >= 0.6 is 11.6 Å². The van der Waals surface area contributed by atoms with E-state index in [4.69, 9.17) is 16.0 Å². The molecule has 1 amide bonds. The number of nitro groups is 1. The van der Waals surface area contributed by atoms with Crippen molar-refractivity contribution in [3.05, 3.63) is 86.9 Å². The molecule has 0 aliphatic heterocycles. The van der Waals surface area contributed by atoms with E-state index in [1.165, 1.54) is 30.3 Å². The van der Waals surface area contributed by atoms with Gasteiger partial charge >= 0.3 is 0 Å². The van der Waals surface area contributed by atoms with E-state index in [0.717, 1.165) is 0 Å². The zero-order valence-corrected chi connectivity index (χ0v) is 14.7. The Bertz CT molecular complexity index is 1000. The molecule has 6 nitrogen and oxygen atoms in total. The van der Waals surface area contributed by atoms with Crippen molar-refractivity contribution >= 4 is 23.2 Å². The fourth-order valence-electron chi connectivity index (χ4n) is 2.52. The molecule has 0 aliphatic rings. The minimum atomic E-state index is -0.549. The molecule has 0 radical (unpaired) electrons. The van der Waals surface area contributed by atoms with Crippen LogP contribution in [0.25, 0.3) is 11.3 Å². The lowest BCUT2D eigenvalue weighted by Crippen LogP contribution is -2.25. The summed E-state index contributed by atoms with van der Waals surface area (Å²) in [6.07, 6.45) is 0.347. The lowest BCUT2D eigenvalue weighted by atomic mass is 10.1. The topological polar surface area (TPSA) is 85.4 Å². The third-order valence-electron chi connectivity index (χ3n) is 3.90. The van der Waals surface area contributed by atoms with Crippen LogP contribution in [0, 0.1) is 15.9 Å². The van der Waals surface area contributed by atoms with E-state index in [0.29, 0.717) is 23.3 Å². The highest BCUT2D eigenvalue weighted by Crippen LogP contribution is 2.32. The van der Waals surface area contributed by atoms with Crippen molar-refractivity contribution < 1.29 is 18.5 Å². The maximum atomic E-state index is 13.6. The van der Waals surface area contributed by atoms with Crippen molar-refractivity contribution in [1.82, 2.24) is 5.32 Å². The lowest BCUT2D eigenvalue weighted by molar-refractivity contribution is -0.384. The largest absolute Gasteiger partial charge is 0.451 e. The molecule has 0 bridgehead atoms. The average Bonchev–Trinajstić information content (AvgIpc) is 3.13. The second-order valence-electron chi connectivity index (χ2n) is 5.68. The minimum absolute atomic E-state index is 0.0629. The number of carbonyl (C=O) groups is 1. The molecule has 0 saturated heterocycles. The third-order valence-corrected chi connectivity index (χ3v) is 4.21. The molecule has 0 saturated carbocycles. The Balaban J connectivity index is 1.66. The predicted octanol–water partition coefficient (Wildman–Crippen LogP) is 4.62. The van der Waals surface area contributed by atoms with E-state index in [1.807, 2.05) is 0 Å². The van der Waals surface area contributed by atoms with Gasteiger partial charge in [0.25, 0.3) is 11.6 Å². The molecule has 138 valence electrons. The van der Waals surface area contributed by atoms with E-state index < -0.39 is 10.8 Å². The zero-order chi connectivity index (χ0) is 19.4. The maximum absolute atomic E-state index is 13.6. The summed E-state index contributed by atoms with van der Waals surface area (Å²) >= 11 is 6.06. The van der Waals surface area contributed by atoms with Gasteiger partial charge in [-0.3, -0.25) is 14.9 Å². The molecule has 0 atom stereocenters. The first kappa shape index (κ1) is 18.6. The standard InChI is InChI=1S/C19H14ClFN2O4/c20-15-11-13(23(25)26)5-6-14(15)17-7-8-18(27-17)19(24)22-10-9-12-3-1-2-4-16(12)21/h1-8,11H,9-10H2,(H,22,24). The SMILES string of the molecule is O=C(NCCc1ccccc1F)c1ccc(-c2ccc([N+](=O)[O-])cc2Cl)o1. The van der Waals surface area contributed by atoms with Crippen molar-refractivity contribution in [1.29, 1.82) is 0 Å². The number of rotatable bonds is 6. The Labute approximate surface area is 158 Å². The normalized spacial score (nSPS) is 10.6. The molecule has 1 aromatic heterocycles. The molecule has 1 heterocycles. The smallest absolute Gasteiger partial charge is 0.287 e. The minimum Gasteiger partial charge on any atom is -0.451 e. The Hall–Kier alpha value is -3.19. The van der Waals surface area contributed by atoms with E-state index >= 15 is 0 Å². The Kier molecular flexibility index (Phi) is 5.52. The number of hydrogen-bond acceptors (Lipinski definition) is 4. The molecule has 3 aromatic rings. The highest BCUT2D eigenvalue weighted by Gasteiger charge is 2.16. The van der Waals surface area contributed by atoms with Gasteiger partial charge in [0, 0.05) is 24.2 Å². The first-order chi connectivity index (χ1) is 13.0. The number of amides is 1. The Morgan fingerprint density at radius 2 is 1.96 bits per heavy atom. The molecule has 0 unspecified atom stereocenters. The van der Waals surface area contributed by atoms with Crippen LogP contribution in [0.3, 0.4) is 0 Å². The predicted molar refractivity (Wildman–Crippen MR) is 98.2 cm³/mol. The van der Waals surface area contributed by atoms with Crippen molar-refractivity contribution in [3.8, 4) is 11.3 Å². The molecule has 8 heteroatoms. The van der Waals surface area contributed by atoms with Gasteiger partial charge in [-0.1, -0.05) is 29.8 Å². The summed E-state index contributed by atoms with van der Waals surface area (Å²) in [5.74, 6) is -0.391. The zero-order valence-electron chi connectivity index (χ0n) is 13.9. The summed E-state index contributed by atoms with van der Waals surface area (Å²) in [6, 6.07) is 13.4. The summed E-state index contributed by atoms with van der Waals surface area (Å²) in [5, 5.41) is 13.6. The monoisotopic (exact) mass is 388 g/mol. The van der Waals surface area contributed by atoms with Gasteiger partial charge in [0.15, 0.2) is 5.76 Å². The number of nitro benzene ring substituents is 1. The van der Waals surface area contributed by atoms with Crippen molar-refractivity contribution in [2.45, 2.75) is 6.42 Å². The summed E-state index contributed by atoms with van der Waals surface area (Å²) in [7, 11) is 0. The second-order valence-corrected chi connectivity index (χ2v) is 6.09. The fourth-order valence-corrected chi connectivity index (χ4v) is 2.79. The summed E-state index contributed by atoms with van der Waals surface area (Å²) in [6.45, 7) is 0.244. The van der Waals surface area contributed by atoms with Crippen LogP contribution in [0.4, 0.5) is 10.1 Å². The van der Waals surface area contributed by atoms with Gasteiger partial charge in [0.1, 0.15) is 11.6 Å². The number of nitrogens with zero attached hydrogens (tertiary/aromatic N) is 1. The molecule has 0 spiro atoms. The van der Waals surface area contributed by atoms with Gasteiger partial charge in [-0.2, -0.15) is 0 Å². The Morgan fingerprint density at radius 3 is 2.67 bits per heavy atom. The summed E-state index contributed by atoms with van der Waals surface area (Å²) in [4.78, 5) is 22.4. The van der Waals surface area contributed by atoms with E-state index in [-0.39, 0.29) is 28.8 Å². The molecule has 1 N–H and O–H groups in total. The molecular formula is C19H14ClFN2O4. The van der Waals surface area contributed by atoms with Gasteiger partial charge in [0.2, 0.25) is 0 Å². The highest BCUT2D eigenvalue weighted by molar-refractivity contribution is 6.33. The second kappa shape index (κ2) is 8.01. The number of halogens is 2. The molecule has 27 heavy (non-hydrogen) atoms. The van der Waals surface area contributed by atoms with Crippen LogP contribution in [0.1, 0.15) is 16.1 Å². The van der Waals surface area contributed by atoms with Crippen LogP contribution < -0.4 is 5.32 Å². The first-order valence-corrected chi connectivity index (χ1v) is 8.39. The number of benzene rings is 2. The fraction of sp³-hybridized carbons (Fsp3) is 0.105. The van der Waals surface area contributed by atoms with Crippen LogP contribution in [-0.2, 0) is 6.42 Å². The van der Waals surface area contributed by atoms with Crippen molar-refractivity contribution in [2.75, 3.05) is 6.54 Å². The average molecular weight is 389 g/mol. The van der Waals surface area contributed by atoms with E-state index in [1.54, 1.807) is 24.3 Å². The molecular weight excluding hydrogens is 375 g/mol. The number of furan rings is 1. The Morgan fingerprint density at radius 1 is 1.19 bits per heavy atom. The molecule has 0 fully saturated rings. The van der Waals surface area contributed by atoms with Gasteiger partial charge in [-0.05, 0) is 36.2 Å². The van der Waals surface area contributed by atoms with Gasteiger partial charge in [-0.25, -0.2) is 4.39 Å².